The van der Waals surface area contributed by atoms with Crippen molar-refractivity contribution in [3.8, 4) is 6.07 Å². The fourth-order valence-electron chi connectivity index (χ4n) is 1.94. The molecule has 0 aliphatic carbocycles. The van der Waals surface area contributed by atoms with Crippen molar-refractivity contribution >= 4 is 28.8 Å². The number of carbonyl (C=O) groups excluding carboxylic acids is 1. The summed E-state index contributed by atoms with van der Waals surface area (Å²) < 4.78 is 39.5. The lowest BCUT2D eigenvalue weighted by molar-refractivity contribution is -0.112. The van der Waals surface area contributed by atoms with Gasteiger partial charge in [-0.1, -0.05) is 41.9 Å². The van der Waals surface area contributed by atoms with E-state index >= 15 is 0 Å². The van der Waals surface area contributed by atoms with E-state index in [0.29, 0.717) is 6.08 Å². The number of rotatable bonds is 3. The summed E-state index contributed by atoms with van der Waals surface area (Å²) >= 11 is 5.76. The number of nitrogens with zero attached hydrogens (tertiary/aromatic N) is 1. The lowest BCUT2D eigenvalue weighted by atomic mass is 10.1. The minimum absolute atomic E-state index is 0.109. The number of halogens is 4. The number of hydrogen-bond acceptors (Lipinski definition) is 2. The van der Waals surface area contributed by atoms with Crippen molar-refractivity contribution in [3.05, 3.63) is 70.8 Å². The zero-order valence-corrected chi connectivity index (χ0v) is 12.8. The molecule has 0 saturated heterocycles. The van der Waals surface area contributed by atoms with Gasteiger partial charge in [-0.2, -0.15) is 18.4 Å². The number of amides is 1. The summed E-state index contributed by atoms with van der Waals surface area (Å²) in [6.07, 6.45) is -4.20. The third-order valence-corrected chi connectivity index (χ3v) is 3.35. The second-order valence-corrected chi connectivity index (χ2v) is 5.12. The first kappa shape index (κ1) is 17.6. The average molecular weight is 351 g/mol. The van der Waals surface area contributed by atoms with Gasteiger partial charge in [0, 0.05) is 11.8 Å². The molecule has 2 aromatic rings. The molecule has 1 amide bonds. The van der Waals surface area contributed by atoms with Gasteiger partial charge >= 0.3 is 6.18 Å². The molecule has 0 aromatic heterocycles. The molecule has 122 valence electrons. The fourth-order valence-corrected chi connectivity index (χ4v) is 2.10. The second-order valence-electron chi connectivity index (χ2n) is 4.72. The van der Waals surface area contributed by atoms with Crippen LogP contribution >= 0.6 is 11.6 Å². The maximum absolute atomic E-state index is 13.2. The number of alkyl halides is 3. The number of anilines is 1. The van der Waals surface area contributed by atoms with Crippen molar-refractivity contribution in [1.29, 1.82) is 5.26 Å². The highest BCUT2D eigenvalue weighted by Gasteiger charge is 2.35. The first-order chi connectivity index (χ1) is 11.3. The Morgan fingerprint density at radius 1 is 1.17 bits per heavy atom. The Morgan fingerprint density at radius 2 is 1.83 bits per heavy atom. The molecular formula is C17H10ClF3N2O. The van der Waals surface area contributed by atoms with E-state index in [1.807, 2.05) is 6.07 Å². The van der Waals surface area contributed by atoms with E-state index in [9.17, 15) is 18.0 Å². The Bertz CT molecular complexity index is 824. The lowest BCUT2D eigenvalue weighted by Gasteiger charge is -2.12. The average Bonchev–Trinajstić information content (AvgIpc) is 2.54. The topological polar surface area (TPSA) is 52.9 Å². The molecular weight excluding hydrogens is 341 g/mol. The highest BCUT2D eigenvalue weighted by atomic mass is 35.5. The maximum Gasteiger partial charge on any atom is 0.417 e. The Morgan fingerprint density at radius 3 is 2.42 bits per heavy atom. The molecule has 0 aliphatic rings. The van der Waals surface area contributed by atoms with Gasteiger partial charge in [0.2, 0.25) is 5.91 Å². The quantitative estimate of drug-likeness (QED) is 0.809. The van der Waals surface area contributed by atoms with Gasteiger partial charge in [0.1, 0.15) is 6.07 Å². The van der Waals surface area contributed by atoms with E-state index in [1.165, 1.54) is 42.5 Å². The largest absolute Gasteiger partial charge is 0.417 e. The fraction of sp³-hybridized carbons (Fsp3) is 0.0588. The number of benzene rings is 2. The molecule has 1 N–H and O–H groups in total. The molecule has 3 nitrogen and oxygen atoms in total. The first-order valence-corrected chi connectivity index (χ1v) is 7.04. The van der Waals surface area contributed by atoms with Crippen molar-refractivity contribution in [2.24, 2.45) is 0 Å². The molecule has 0 spiro atoms. The number of carbonyl (C=O) groups is 1. The van der Waals surface area contributed by atoms with Gasteiger partial charge in [0.05, 0.1) is 16.2 Å². The number of nitriles is 1. The molecule has 2 rings (SSSR count). The Balaban J connectivity index is 2.30. The van der Waals surface area contributed by atoms with Crippen LogP contribution in [0.3, 0.4) is 0 Å². The Hall–Kier alpha value is -2.78. The van der Waals surface area contributed by atoms with Crippen molar-refractivity contribution in [2.45, 2.75) is 6.18 Å². The molecule has 2 aromatic carbocycles. The Labute approximate surface area is 141 Å². The van der Waals surface area contributed by atoms with Crippen LogP contribution in [0.4, 0.5) is 18.9 Å². The van der Waals surface area contributed by atoms with Gasteiger partial charge < -0.3 is 5.32 Å². The molecule has 0 saturated carbocycles. The van der Waals surface area contributed by atoms with E-state index in [0.717, 1.165) is 0 Å². The van der Waals surface area contributed by atoms with Crippen molar-refractivity contribution in [1.82, 2.24) is 0 Å². The molecule has 0 heterocycles. The van der Waals surface area contributed by atoms with Gasteiger partial charge in [-0.15, -0.1) is 0 Å². The molecule has 7 heteroatoms. The van der Waals surface area contributed by atoms with Crippen LogP contribution in [0, 0.1) is 11.3 Å². The van der Waals surface area contributed by atoms with Crippen LogP contribution in [0.5, 0.6) is 0 Å². The summed E-state index contributed by atoms with van der Waals surface area (Å²) in [4.78, 5) is 11.9. The Kier molecular flexibility index (Phi) is 5.27. The van der Waals surface area contributed by atoms with Crippen LogP contribution in [0.15, 0.2) is 54.6 Å². The predicted molar refractivity (Wildman–Crippen MR) is 85.3 cm³/mol. The van der Waals surface area contributed by atoms with Gasteiger partial charge in [0.25, 0.3) is 0 Å². The normalized spacial score (nSPS) is 11.7. The van der Waals surface area contributed by atoms with E-state index < -0.39 is 17.7 Å². The van der Waals surface area contributed by atoms with Crippen molar-refractivity contribution in [3.63, 3.8) is 0 Å². The van der Waals surface area contributed by atoms with Crippen molar-refractivity contribution < 1.29 is 18.0 Å². The third kappa shape index (κ3) is 4.37. The van der Waals surface area contributed by atoms with Crippen LogP contribution in [-0.2, 0) is 4.79 Å². The third-order valence-electron chi connectivity index (χ3n) is 3.02. The first-order valence-electron chi connectivity index (χ1n) is 6.66. The van der Waals surface area contributed by atoms with Crippen LogP contribution in [0.2, 0.25) is 5.02 Å². The van der Waals surface area contributed by atoms with Crippen molar-refractivity contribution in [2.75, 3.05) is 5.32 Å². The summed E-state index contributed by atoms with van der Waals surface area (Å²) in [7, 11) is 0. The molecule has 0 radical (unpaired) electrons. The number of hydrogen-bond donors (Lipinski definition) is 1. The lowest BCUT2D eigenvalue weighted by Crippen LogP contribution is -2.16. The standard InChI is InChI=1S/C17H10ClF3N2O/c18-15-7-6-13(8-12(15)10-22)23-16(24)9-14(17(19,20)21)11-4-2-1-3-5-11/h1-9H,(H,23,24)/b14-9+. The molecule has 0 aliphatic heterocycles. The molecule has 0 atom stereocenters. The summed E-state index contributed by atoms with van der Waals surface area (Å²) in [6.45, 7) is 0. The molecule has 24 heavy (non-hydrogen) atoms. The second kappa shape index (κ2) is 7.20. The number of nitrogens with one attached hydrogen (secondary N) is 1. The van der Waals surface area contributed by atoms with E-state index in [4.69, 9.17) is 16.9 Å². The zero-order chi connectivity index (χ0) is 17.7. The van der Waals surface area contributed by atoms with E-state index in [-0.39, 0.29) is 21.8 Å². The predicted octanol–water partition coefficient (Wildman–Crippen LogP) is 4.80. The van der Waals surface area contributed by atoms with Gasteiger partial charge in [-0.3, -0.25) is 4.79 Å². The highest BCUT2D eigenvalue weighted by molar-refractivity contribution is 6.31. The van der Waals surface area contributed by atoms with Crippen LogP contribution in [0.1, 0.15) is 11.1 Å². The molecule has 0 unspecified atom stereocenters. The zero-order valence-electron chi connectivity index (χ0n) is 12.1. The van der Waals surface area contributed by atoms with Crippen LogP contribution in [-0.4, -0.2) is 12.1 Å². The molecule has 0 bridgehead atoms. The summed E-state index contributed by atoms with van der Waals surface area (Å²) in [6, 6.07) is 12.9. The minimum Gasteiger partial charge on any atom is -0.322 e. The summed E-state index contributed by atoms with van der Waals surface area (Å²) in [5, 5.41) is 11.3. The molecule has 0 fully saturated rings. The van der Waals surface area contributed by atoms with Gasteiger partial charge in [0.15, 0.2) is 0 Å². The summed E-state index contributed by atoms with van der Waals surface area (Å²) in [5.41, 5.74) is -0.895. The van der Waals surface area contributed by atoms with Crippen LogP contribution < -0.4 is 5.32 Å². The van der Waals surface area contributed by atoms with Gasteiger partial charge in [-0.25, -0.2) is 0 Å². The van der Waals surface area contributed by atoms with E-state index in [1.54, 1.807) is 6.07 Å². The minimum atomic E-state index is -4.68. The van der Waals surface area contributed by atoms with E-state index in [2.05, 4.69) is 5.32 Å². The summed E-state index contributed by atoms with van der Waals surface area (Å²) in [5.74, 6) is -0.961. The van der Waals surface area contributed by atoms with Crippen LogP contribution in [0.25, 0.3) is 5.57 Å². The SMILES string of the molecule is N#Cc1cc(NC(=O)/C=C(\c2ccccc2)C(F)(F)F)ccc1Cl. The monoisotopic (exact) mass is 350 g/mol. The smallest absolute Gasteiger partial charge is 0.322 e. The maximum atomic E-state index is 13.2. The number of allylic oxidation sites excluding steroid dienone is 1. The van der Waals surface area contributed by atoms with Gasteiger partial charge in [-0.05, 0) is 23.8 Å². The highest BCUT2D eigenvalue weighted by Crippen LogP contribution is 2.33.